The maximum absolute atomic E-state index is 10.0. The number of anilines is 3. The summed E-state index contributed by atoms with van der Waals surface area (Å²) >= 11 is 0. The summed E-state index contributed by atoms with van der Waals surface area (Å²) < 4.78 is 2.21. The van der Waals surface area contributed by atoms with Crippen LogP contribution in [-0.2, 0) is 6.54 Å². The molecule has 0 bridgehead atoms. The average molecular weight is 424 g/mol. The molecule has 0 aliphatic heterocycles. The third-order valence-corrected chi connectivity index (χ3v) is 5.91. The Kier molecular flexibility index (Phi) is 6.27. The maximum Gasteiger partial charge on any atom is 0.226 e. The minimum atomic E-state index is -0.743. The van der Waals surface area contributed by atoms with Crippen LogP contribution in [0, 0.1) is 0 Å². The van der Waals surface area contributed by atoms with Crippen LogP contribution < -0.4 is 16.4 Å². The van der Waals surface area contributed by atoms with Crippen LogP contribution in [0.1, 0.15) is 64.0 Å². The molecule has 0 spiro atoms. The smallest absolute Gasteiger partial charge is 0.226 e. The zero-order valence-electron chi connectivity index (χ0n) is 18.4. The van der Waals surface area contributed by atoms with E-state index in [1.54, 1.807) is 13.8 Å². The molecule has 31 heavy (non-hydrogen) atoms. The van der Waals surface area contributed by atoms with Gasteiger partial charge in [0.1, 0.15) is 0 Å². The molecule has 1 aliphatic carbocycles. The van der Waals surface area contributed by atoms with Crippen molar-refractivity contribution in [2.75, 3.05) is 22.9 Å². The predicted molar refractivity (Wildman–Crippen MR) is 125 cm³/mol. The Bertz CT molecular complexity index is 1020. The van der Waals surface area contributed by atoms with Gasteiger partial charge in [-0.2, -0.15) is 9.97 Å². The van der Waals surface area contributed by atoms with Gasteiger partial charge in [-0.25, -0.2) is 4.98 Å². The van der Waals surface area contributed by atoms with Crippen LogP contribution in [0.5, 0.6) is 0 Å². The van der Waals surface area contributed by atoms with E-state index in [0.29, 0.717) is 37.3 Å². The zero-order valence-corrected chi connectivity index (χ0v) is 18.4. The van der Waals surface area contributed by atoms with E-state index in [0.717, 1.165) is 35.3 Å². The number of rotatable bonds is 8. The molecule has 166 valence electrons. The van der Waals surface area contributed by atoms with Crippen LogP contribution in [-0.4, -0.2) is 36.8 Å². The van der Waals surface area contributed by atoms with E-state index >= 15 is 0 Å². The van der Waals surface area contributed by atoms with Gasteiger partial charge in [0, 0.05) is 24.8 Å². The SMILES string of the molecule is CC(C)(O)CCNc1nc(NCc2ccccc2N)c2ncn(C3CCCCC3)c2n1. The van der Waals surface area contributed by atoms with E-state index < -0.39 is 5.60 Å². The summed E-state index contributed by atoms with van der Waals surface area (Å²) in [6.45, 7) is 4.73. The van der Waals surface area contributed by atoms with Crippen LogP contribution in [0.2, 0.25) is 0 Å². The second-order valence-electron chi connectivity index (χ2n) is 9.05. The monoisotopic (exact) mass is 423 g/mol. The van der Waals surface area contributed by atoms with E-state index in [4.69, 9.17) is 15.7 Å². The number of benzene rings is 1. The summed E-state index contributed by atoms with van der Waals surface area (Å²) in [6.07, 6.45) is 8.58. The van der Waals surface area contributed by atoms with Crippen LogP contribution in [0.3, 0.4) is 0 Å². The number of nitrogens with one attached hydrogen (secondary N) is 2. The minimum absolute atomic E-state index is 0.426. The molecule has 1 saturated carbocycles. The third-order valence-electron chi connectivity index (χ3n) is 5.91. The summed E-state index contributed by atoms with van der Waals surface area (Å²) in [5.74, 6) is 1.23. The van der Waals surface area contributed by atoms with Crippen molar-refractivity contribution in [3.8, 4) is 0 Å². The van der Waals surface area contributed by atoms with Crippen molar-refractivity contribution in [3.63, 3.8) is 0 Å². The highest BCUT2D eigenvalue weighted by molar-refractivity contribution is 5.84. The highest BCUT2D eigenvalue weighted by atomic mass is 16.3. The quantitative estimate of drug-likeness (QED) is 0.403. The molecule has 1 fully saturated rings. The molecule has 1 aliphatic rings. The number of aromatic nitrogens is 4. The van der Waals surface area contributed by atoms with Gasteiger partial charge in [0.15, 0.2) is 17.0 Å². The van der Waals surface area contributed by atoms with Gasteiger partial charge in [0.05, 0.1) is 11.9 Å². The zero-order chi connectivity index (χ0) is 21.8. The third kappa shape index (κ3) is 5.25. The normalized spacial score (nSPS) is 15.3. The summed E-state index contributed by atoms with van der Waals surface area (Å²) in [5, 5.41) is 16.7. The standard InChI is InChI=1S/C23H33N7O/c1-23(2,31)12-13-25-22-28-20(26-14-16-8-6-7-11-18(16)24)19-21(29-22)30(15-27-19)17-9-4-3-5-10-17/h6-8,11,15,17,31H,3-5,9-10,12-14,24H2,1-2H3,(H2,25,26,28,29). The van der Waals surface area contributed by atoms with Crippen molar-refractivity contribution in [1.82, 2.24) is 19.5 Å². The first kappa shape index (κ1) is 21.4. The Morgan fingerprint density at radius 3 is 2.65 bits per heavy atom. The number of nitrogens with zero attached hydrogens (tertiary/aromatic N) is 4. The van der Waals surface area contributed by atoms with Crippen LogP contribution in [0.15, 0.2) is 30.6 Å². The Balaban J connectivity index is 1.63. The largest absolute Gasteiger partial charge is 0.398 e. The molecule has 8 heteroatoms. The van der Waals surface area contributed by atoms with Gasteiger partial charge >= 0.3 is 0 Å². The van der Waals surface area contributed by atoms with Gasteiger partial charge in [0.25, 0.3) is 0 Å². The Hall–Kier alpha value is -2.87. The molecule has 0 unspecified atom stereocenters. The number of hydrogen-bond acceptors (Lipinski definition) is 7. The Labute approximate surface area is 183 Å². The molecule has 3 aromatic rings. The van der Waals surface area contributed by atoms with Gasteiger partial charge in [-0.3, -0.25) is 0 Å². The number of aliphatic hydroxyl groups is 1. The van der Waals surface area contributed by atoms with Gasteiger partial charge in [-0.05, 0) is 44.7 Å². The van der Waals surface area contributed by atoms with Crippen LogP contribution in [0.25, 0.3) is 11.2 Å². The van der Waals surface area contributed by atoms with Gasteiger partial charge in [-0.15, -0.1) is 0 Å². The molecule has 0 saturated heterocycles. The first-order chi connectivity index (χ1) is 14.9. The van der Waals surface area contributed by atoms with Crippen molar-refractivity contribution in [1.29, 1.82) is 0 Å². The first-order valence-electron chi connectivity index (χ1n) is 11.2. The fourth-order valence-corrected chi connectivity index (χ4v) is 4.10. The summed E-state index contributed by atoms with van der Waals surface area (Å²) in [4.78, 5) is 14.2. The van der Waals surface area contributed by atoms with E-state index in [1.807, 2.05) is 30.6 Å². The number of imidazole rings is 1. The lowest BCUT2D eigenvalue weighted by atomic mass is 9.95. The number of nitrogens with two attached hydrogens (primary N) is 1. The van der Waals surface area contributed by atoms with E-state index in [2.05, 4.69) is 20.2 Å². The molecule has 2 heterocycles. The van der Waals surface area contributed by atoms with Crippen LogP contribution in [0.4, 0.5) is 17.5 Å². The molecule has 4 rings (SSSR count). The fraction of sp³-hybridized carbons (Fsp3) is 0.522. The molecule has 0 atom stereocenters. The van der Waals surface area contributed by atoms with E-state index in [-0.39, 0.29) is 0 Å². The molecule has 2 aromatic heterocycles. The van der Waals surface area contributed by atoms with Crippen molar-refractivity contribution >= 4 is 28.6 Å². The van der Waals surface area contributed by atoms with Crippen molar-refractivity contribution in [3.05, 3.63) is 36.2 Å². The summed E-state index contributed by atoms with van der Waals surface area (Å²) in [6, 6.07) is 8.23. The lowest BCUT2D eigenvalue weighted by molar-refractivity contribution is 0.0748. The topological polar surface area (TPSA) is 114 Å². The number of nitrogen functional groups attached to an aromatic ring is 1. The number of hydrogen-bond donors (Lipinski definition) is 4. The number of fused-ring (bicyclic) bond motifs is 1. The molecule has 0 amide bonds. The van der Waals surface area contributed by atoms with Crippen LogP contribution >= 0.6 is 0 Å². The summed E-state index contributed by atoms with van der Waals surface area (Å²) in [5.41, 5.74) is 8.74. The fourth-order valence-electron chi connectivity index (χ4n) is 4.10. The molecular weight excluding hydrogens is 390 g/mol. The Morgan fingerprint density at radius 2 is 1.90 bits per heavy atom. The molecule has 5 N–H and O–H groups in total. The van der Waals surface area contributed by atoms with Crippen molar-refractivity contribution in [2.24, 2.45) is 0 Å². The maximum atomic E-state index is 10.0. The highest BCUT2D eigenvalue weighted by Crippen LogP contribution is 2.32. The van der Waals surface area contributed by atoms with Crippen molar-refractivity contribution < 1.29 is 5.11 Å². The van der Waals surface area contributed by atoms with E-state index in [9.17, 15) is 5.11 Å². The second-order valence-corrected chi connectivity index (χ2v) is 9.05. The van der Waals surface area contributed by atoms with Gasteiger partial charge in [0.2, 0.25) is 5.95 Å². The lowest BCUT2D eigenvalue weighted by Crippen LogP contribution is -2.23. The first-order valence-corrected chi connectivity index (χ1v) is 11.2. The molecule has 8 nitrogen and oxygen atoms in total. The number of para-hydroxylation sites is 1. The predicted octanol–water partition coefficient (Wildman–Crippen LogP) is 4.10. The lowest BCUT2D eigenvalue weighted by Gasteiger charge is -2.23. The minimum Gasteiger partial charge on any atom is -0.398 e. The van der Waals surface area contributed by atoms with Crippen molar-refractivity contribution in [2.45, 2.75) is 70.6 Å². The molecular formula is C23H33N7O. The van der Waals surface area contributed by atoms with Gasteiger partial charge in [-0.1, -0.05) is 37.5 Å². The van der Waals surface area contributed by atoms with Gasteiger partial charge < -0.3 is 26.0 Å². The Morgan fingerprint density at radius 1 is 1.13 bits per heavy atom. The second kappa shape index (κ2) is 9.09. The molecule has 0 radical (unpaired) electrons. The summed E-state index contributed by atoms with van der Waals surface area (Å²) in [7, 11) is 0. The molecule has 1 aromatic carbocycles. The highest BCUT2D eigenvalue weighted by Gasteiger charge is 2.21. The average Bonchev–Trinajstić information content (AvgIpc) is 3.17. The van der Waals surface area contributed by atoms with E-state index in [1.165, 1.54) is 19.3 Å².